The van der Waals surface area contributed by atoms with Gasteiger partial charge < -0.3 is 14.2 Å². The number of hydrogen-bond donors (Lipinski definition) is 0. The summed E-state index contributed by atoms with van der Waals surface area (Å²) in [4.78, 5) is 0.227. The fourth-order valence-corrected chi connectivity index (χ4v) is 2.73. The van der Waals surface area contributed by atoms with E-state index in [1.807, 2.05) is 13.8 Å². The van der Waals surface area contributed by atoms with Crippen molar-refractivity contribution < 1.29 is 14.2 Å². The van der Waals surface area contributed by atoms with Gasteiger partial charge >= 0.3 is 0 Å². The zero-order valence-corrected chi connectivity index (χ0v) is 12.5. The van der Waals surface area contributed by atoms with Crippen LogP contribution in [0.15, 0.2) is 12.1 Å². The maximum Gasteiger partial charge on any atom is 0.161 e. The lowest BCUT2D eigenvalue weighted by Crippen LogP contribution is -2.03. The van der Waals surface area contributed by atoms with Crippen molar-refractivity contribution in [2.24, 2.45) is 0 Å². The fraction of sp³-hybridized carbons (Fsp3) is 0.571. The topological polar surface area (TPSA) is 27.7 Å². The monoisotopic (exact) mass is 314 g/mol. The van der Waals surface area contributed by atoms with Gasteiger partial charge in [-0.05, 0) is 43.5 Å². The second kappa shape index (κ2) is 6.43. The Morgan fingerprint density at radius 3 is 2.56 bits per heavy atom. The third kappa shape index (κ3) is 2.98. The summed E-state index contributed by atoms with van der Waals surface area (Å²) in [6.45, 7) is 6.71. The summed E-state index contributed by atoms with van der Waals surface area (Å²) in [6, 6.07) is 4.17. The molecule has 4 heteroatoms. The van der Waals surface area contributed by atoms with Crippen LogP contribution in [0.5, 0.6) is 11.5 Å². The van der Waals surface area contributed by atoms with Crippen molar-refractivity contribution in [3.05, 3.63) is 23.3 Å². The van der Waals surface area contributed by atoms with E-state index < -0.39 is 0 Å². The molecule has 0 bridgehead atoms. The Labute approximate surface area is 117 Å². The molecule has 0 aliphatic carbocycles. The minimum absolute atomic E-state index is 0.227. The van der Waals surface area contributed by atoms with Crippen LogP contribution in [0, 0.1) is 0 Å². The Bertz CT molecular complexity index is 406. The smallest absolute Gasteiger partial charge is 0.161 e. The lowest BCUT2D eigenvalue weighted by molar-refractivity contribution is 0.146. The molecule has 0 spiro atoms. The first kappa shape index (κ1) is 13.7. The van der Waals surface area contributed by atoms with Crippen molar-refractivity contribution in [3.63, 3.8) is 0 Å². The van der Waals surface area contributed by atoms with Crippen molar-refractivity contribution in [2.75, 3.05) is 26.4 Å². The van der Waals surface area contributed by atoms with Gasteiger partial charge in [0.05, 0.1) is 31.3 Å². The summed E-state index contributed by atoms with van der Waals surface area (Å²) in [5.41, 5.74) is 2.53. The Balaban J connectivity index is 2.40. The molecule has 2 rings (SSSR count). The zero-order valence-electron chi connectivity index (χ0n) is 10.9. The van der Waals surface area contributed by atoms with E-state index in [4.69, 9.17) is 14.2 Å². The van der Waals surface area contributed by atoms with Crippen molar-refractivity contribution in [1.82, 2.24) is 0 Å². The van der Waals surface area contributed by atoms with E-state index in [1.165, 1.54) is 11.1 Å². The van der Waals surface area contributed by atoms with E-state index in [1.54, 1.807) is 0 Å². The van der Waals surface area contributed by atoms with Gasteiger partial charge in [0.1, 0.15) is 0 Å². The molecule has 1 aliphatic rings. The number of fused-ring (bicyclic) bond motifs is 1. The standard InChI is InChI=1S/C14H19BrO3/c1-3-17-13-7-10-5-6-16-9-12(15)11(10)8-14(13)18-4-2/h7-8,12H,3-6,9H2,1-2H3. The SMILES string of the molecule is CCOc1cc2c(cc1OCC)C(Br)COCC2. The van der Waals surface area contributed by atoms with Gasteiger partial charge in [0.2, 0.25) is 0 Å². The molecular formula is C14H19BrO3. The van der Waals surface area contributed by atoms with E-state index in [2.05, 4.69) is 28.1 Å². The van der Waals surface area contributed by atoms with Crippen molar-refractivity contribution in [2.45, 2.75) is 25.1 Å². The number of hydrogen-bond acceptors (Lipinski definition) is 3. The van der Waals surface area contributed by atoms with Gasteiger partial charge in [0, 0.05) is 0 Å². The normalized spacial score (nSPS) is 18.9. The number of benzene rings is 1. The van der Waals surface area contributed by atoms with Crippen LogP contribution in [-0.2, 0) is 11.2 Å². The van der Waals surface area contributed by atoms with Crippen LogP contribution in [0.4, 0.5) is 0 Å². The molecule has 0 N–H and O–H groups in total. The molecule has 0 radical (unpaired) electrons. The third-order valence-corrected chi connectivity index (χ3v) is 3.68. The number of ether oxygens (including phenoxy) is 3. The molecule has 3 nitrogen and oxygen atoms in total. The van der Waals surface area contributed by atoms with Crippen LogP contribution in [-0.4, -0.2) is 26.4 Å². The van der Waals surface area contributed by atoms with Crippen LogP contribution >= 0.6 is 15.9 Å². The Kier molecular flexibility index (Phi) is 4.89. The third-order valence-electron chi connectivity index (χ3n) is 2.92. The highest BCUT2D eigenvalue weighted by Crippen LogP contribution is 2.38. The van der Waals surface area contributed by atoms with Crippen LogP contribution in [0.1, 0.15) is 29.8 Å². The maximum absolute atomic E-state index is 5.66. The zero-order chi connectivity index (χ0) is 13.0. The summed E-state index contributed by atoms with van der Waals surface area (Å²) < 4.78 is 16.9. The van der Waals surface area contributed by atoms with E-state index in [9.17, 15) is 0 Å². The average Bonchev–Trinajstić information content (AvgIpc) is 2.53. The van der Waals surface area contributed by atoms with Crippen molar-refractivity contribution in [3.8, 4) is 11.5 Å². The Morgan fingerprint density at radius 1 is 1.22 bits per heavy atom. The highest BCUT2D eigenvalue weighted by Gasteiger charge is 2.20. The predicted octanol–water partition coefficient (Wildman–Crippen LogP) is 3.49. The molecule has 0 saturated carbocycles. The van der Waals surface area contributed by atoms with Crippen LogP contribution in [0.3, 0.4) is 0 Å². The summed E-state index contributed by atoms with van der Waals surface area (Å²) in [5.74, 6) is 1.66. The number of alkyl halides is 1. The van der Waals surface area contributed by atoms with Gasteiger partial charge in [-0.1, -0.05) is 15.9 Å². The summed E-state index contributed by atoms with van der Waals surface area (Å²) in [5, 5.41) is 0. The van der Waals surface area contributed by atoms with Gasteiger partial charge in [-0.2, -0.15) is 0 Å². The maximum atomic E-state index is 5.66. The first-order chi connectivity index (χ1) is 8.76. The molecule has 1 aliphatic heterocycles. The number of halogens is 1. The quantitative estimate of drug-likeness (QED) is 0.796. The van der Waals surface area contributed by atoms with Crippen LogP contribution < -0.4 is 9.47 Å². The van der Waals surface area contributed by atoms with Gasteiger partial charge in [0.25, 0.3) is 0 Å². The second-order valence-corrected chi connectivity index (χ2v) is 5.26. The lowest BCUT2D eigenvalue weighted by Gasteiger charge is -2.16. The minimum Gasteiger partial charge on any atom is -0.490 e. The van der Waals surface area contributed by atoms with E-state index >= 15 is 0 Å². The average molecular weight is 315 g/mol. The molecule has 1 unspecified atom stereocenters. The second-order valence-electron chi connectivity index (χ2n) is 4.16. The van der Waals surface area contributed by atoms with Gasteiger partial charge in [-0.25, -0.2) is 0 Å². The highest BCUT2D eigenvalue weighted by molar-refractivity contribution is 9.09. The molecule has 18 heavy (non-hydrogen) atoms. The Morgan fingerprint density at radius 2 is 1.89 bits per heavy atom. The predicted molar refractivity (Wildman–Crippen MR) is 75.0 cm³/mol. The first-order valence-corrected chi connectivity index (χ1v) is 7.32. The molecule has 0 aromatic heterocycles. The molecule has 0 fully saturated rings. The van der Waals surface area contributed by atoms with E-state index in [-0.39, 0.29) is 4.83 Å². The lowest BCUT2D eigenvalue weighted by atomic mass is 10.0. The molecule has 1 aromatic rings. The van der Waals surface area contributed by atoms with E-state index in [0.717, 1.165) is 24.5 Å². The van der Waals surface area contributed by atoms with Gasteiger partial charge in [-0.3, -0.25) is 0 Å². The number of rotatable bonds is 4. The molecule has 100 valence electrons. The molecule has 1 aromatic carbocycles. The molecule has 0 amide bonds. The van der Waals surface area contributed by atoms with Gasteiger partial charge in [0.15, 0.2) is 11.5 Å². The minimum atomic E-state index is 0.227. The molecule has 1 heterocycles. The Hall–Kier alpha value is -0.740. The van der Waals surface area contributed by atoms with Crippen molar-refractivity contribution in [1.29, 1.82) is 0 Å². The summed E-state index contributed by atoms with van der Waals surface area (Å²) in [7, 11) is 0. The molecule has 0 saturated heterocycles. The highest BCUT2D eigenvalue weighted by atomic mass is 79.9. The van der Waals surface area contributed by atoms with Gasteiger partial charge in [-0.15, -0.1) is 0 Å². The van der Waals surface area contributed by atoms with Crippen LogP contribution in [0.2, 0.25) is 0 Å². The first-order valence-electron chi connectivity index (χ1n) is 6.40. The molecule has 1 atom stereocenters. The van der Waals surface area contributed by atoms with Crippen LogP contribution in [0.25, 0.3) is 0 Å². The largest absolute Gasteiger partial charge is 0.490 e. The fourth-order valence-electron chi connectivity index (χ4n) is 2.12. The van der Waals surface area contributed by atoms with Crippen molar-refractivity contribution >= 4 is 15.9 Å². The molecular weight excluding hydrogens is 296 g/mol. The van der Waals surface area contributed by atoms with E-state index in [0.29, 0.717) is 19.8 Å². The summed E-state index contributed by atoms with van der Waals surface area (Å²) in [6.07, 6.45) is 0.921. The summed E-state index contributed by atoms with van der Waals surface area (Å²) >= 11 is 3.66.